The molecule has 18 heavy (non-hydrogen) atoms. The summed E-state index contributed by atoms with van der Waals surface area (Å²) >= 11 is 0. The van der Waals surface area contributed by atoms with Gasteiger partial charge in [-0.15, -0.1) is 0 Å². The van der Waals surface area contributed by atoms with Crippen molar-refractivity contribution in [2.75, 3.05) is 19.8 Å². The molecule has 96 valence electrons. The van der Waals surface area contributed by atoms with Crippen molar-refractivity contribution in [3.8, 4) is 0 Å². The SMILES string of the molecule is CCCOCCNCc1cccc2cccnc12. The smallest absolute Gasteiger partial charge is 0.0746 e. The van der Waals surface area contributed by atoms with E-state index in [0.717, 1.165) is 38.2 Å². The Labute approximate surface area is 108 Å². The van der Waals surface area contributed by atoms with Crippen molar-refractivity contribution in [2.24, 2.45) is 0 Å². The van der Waals surface area contributed by atoms with Gasteiger partial charge in [0, 0.05) is 31.3 Å². The molecule has 1 aromatic heterocycles. The molecule has 0 radical (unpaired) electrons. The number of pyridine rings is 1. The van der Waals surface area contributed by atoms with E-state index in [1.807, 2.05) is 12.3 Å². The lowest BCUT2D eigenvalue weighted by molar-refractivity contribution is 0.136. The predicted octanol–water partition coefficient (Wildman–Crippen LogP) is 2.75. The maximum atomic E-state index is 5.43. The quantitative estimate of drug-likeness (QED) is 0.760. The van der Waals surface area contributed by atoms with Crippen LogP contribution in [-0.4, -0.2) is 24.7 Å². The largest absolute Gasteiger partial charge is 0.380 e. The van der Waals surface area contributed by atoms with Crippen LogP contribution in [0.1, 0.15) is 18.9 Å². The number of aromatic nitrogens is 1. The molecule has 1 aromatic carbocycles. The maximum Gasteiger partial charge on any atom is 0.0746 e. The van der Waals surface area contributed by atoms with Gasteiger partial charge in [0.2, 0.25) is 0 Å². The normalized spacial score (nSPS) is 10.9. The lowest BCUT2D eigenvalue weighted by Gasteiger charge is -2.07. The second-order valence-electron chi connectivity index (χ2n) is 4.28. The van der Waals surface area contributed by atoms with Crippen LogP contribution in [0.25, 0.3) is 10.9 Å². The number of hydrogen-bond acceptors (Lipinski definition) is 3. The Balaban J connectivity index is 1.88. The highest BCUT2D eigenvalue weighted by Gasteiger charge is 2.00. The number of rotatable bonds is 7. The molecule has 0 aliphatic rings. The summed E-state index contributed by atoms with van der Waals surface area (Å²) in [5, 5.41) is 4.58. The van der Waals surface area contributed by atoms with Crippen LogP contribution in [0.4, 0.5) is 0 Å². The third-order valence-electron chi connectivity index (χ3n) is 2.80. The van der Waals surface area contributed by atoms with E-state index < -0.39 is 0 Å². The fraction of sp³-hybridized carbons (Fsp3) is 0.400. The standard InChI is InChI=1S/C15H20N2O/c1-2-10-18-11-9-16-12-14-6-3-5-13-7-4-8-17-15(13)14/h3-8,16H,2,9-12H2,1H3. The van der Waals surface area contributed by atoms with Crippen LogP contribution in [0.5, 0.6) is 0 Å². The minimum Gasteiger partial charge on any atom is -0.380 e. The van der Waals surface area contributed by atoms with Gasteiger partial charge in [0.15, 0.2) is 0 Å². The number of nitrogens with one attached hydrogen (secondary N) is 1. The number of ether oxygens (including phenoxy) is 1. The fourth-order valence-electron chi connectivity index (χ4n) is 1.92. The van der Waals surface area contributed by atoms with Crippen LogP contribution < -0.4 is 5.32 Å². The molecule has 0 amide bonds. The molecule has 0 aliphatic heterocycles. The number of hydrogen-bond donors (Lipinski definition) is 1. The summed E-state index contributed by atoms with van der Waals surface area (Å²) in [7, 11) is 0. The van der Waals surface area contributed by atoms with Crippen LogP contribution in [-0.2, 0) is 11.3 Å². The summed E-state index contributed by atoms with van der Waals surface area (Å²) in [6.07, 6.45) is 2.92. The molecule has 3 heteroatoms. The van der Waals surface area contributed by atoms with E-state index in [1.54, 1.807) is 0 Å². The van der Waals surface area contributed by atoms with Crippen LogP contribution in [0, 0.1) is 0 Å². The summed E-state index contributed by atoms with van der Waals surface area (Å²) in [4.78, 5) is 4.44. The second-order valence-corrected chi connectivity index (χ2v) is 4.28. The monoisotopic (exact) mass is 244 g/mol. The Bertz CT molecular complexity index is 479. The molecule has 2 aromatic rings. The number of nitrogens with zero attached hydrogens (tertiary/aromatic N) is 1. The van der Waals surface area contributed by atoms with Crippen molar-refractivity contribution in [1.29, 1.82) is 0 Å². The van der Waals surface area contributed by atoms with Gasteiger partial charge in [-0.2, -0.15) is 0 Å². The summed E-state index contributed by atoms with van der Waals surface area (Å²) < 4.78 is 5.43. The number of benzene rings is 1. The summed E-state index contributed by atoms with van der Waals surface area (Å²) in [6.45, 7) is 5.45. The van der Waals surface area contributed by atoms with Crippen molar-refractivity contribution in [2.45, 2.75) is 19.9 Å². The topological polar surface area (TPSA) is 34.1 Å². The first kappa shape index (κ1) is 13.0. The van der Waals surface area contributed by atoms with Crippen LogP contribution in [0.2, 0.25) is 0 Å². The molecular weight excluding hydrogens is 224 g/mol. The van der Waals surface area contributed by atoms with E-state index in [-0.39, 0.29) is 0 Å². The summed E-state index contributed by atoms with van der Waals surface area (Å²) in [6, 6.07) is 10.4. The van der Waals surface area contributed by atoms with Gasteiger partial charge >= 0.3 is 0 Å². The third kappa shape index (κ3) is 3.52. The van der Waals surface area contributed by atoms with E-state index in [9.17, 15) is 0 Å². The van der Waals surface area contributed by atoms with Crippen molar-refractivity contribution in [3.63, 3.8) is 0 Å². The maximum absolute atomic E-state index is 5.43. The van der Waals surface area contributed by atoms with Crippen LogP contribution >= 0.6 is 0 Å². The number of fused-ring (bicyclic) bond motifs is 1. The Kier molecular flexibility index (Phi) is 5.12. The van der Waals surface area contributed by atoms with Gasteiger partial charge in [0.05, 0.1) is 12.1 Å². The lowest BCUT2D eigenvalue weighted by Crippen LogP contribution is -2.19. The van der Waals surface area contributed by atoms with Crippen molar-refractivity contribution < 1.29 is 4.74 Å². The Morgan fingerprint density at radius 3 is 2.94 bits per heavy atom. The molecule has 0 fully saturated rings. The molecule has 2 rings (SSSR count). The highest BCUT2D eigenvalue weighted by Crippen LogP contribution is 2.15. The van der Waals surface area contributed by atoms with Crippen LogP contribution in [0.3, 0.4) is 0 Å². The molecule has 1 heterocycles. The zero-order valence-corrected chi connectivity index (χ0v) is 10.9. The predicted molar refractivity (Wildman–Crippen MR) is 74.6 cm³/mol. The molecule has 0 spiro atoms. The van der Waals surface area contributed by atoms with E-state index in [4.69, 9.17) is 4.74 Å². The average Bonchev–Trinajstić information content (AvgIpc) is 2.43. The summed E-state index contributed by atoms with van der Waals surface area (Å²) in [5.41, 5.74) is 2.32. The third-order valence-corrected chi connectivity index (χ3v) is 2.80. The zero-order chi connectivity index (χ0) is 12.6. The molecule has 0 saturated carbocycles. The molecular formula is C15H20N2O. The van der Waals surface area contributed by atoms with E-state index in [2.05, 4.69) is 41.5 Å². The van der Waals surface area contributed by atoms with Gasteiger partial charge in [0.25, 0.3) is 0 Å². The first-order chi connectivity index (χ1) is 8.92. The van der Waals surface area contributed by atoms with Crippen molar-refractivity contribution >= 4 is 10.9 Å². The molecule has 0 unspecified atom stereocenters. The van der Waals surface area contributed by atoms with Crippen LogP contribution in [0.15, 0.2) is 36.5 Å². The van der Waals surface area contributed by atoms with Gasteiger partial charge in [-0.3, -0.25) is 4.98 Å². The highest BCUT2D eigenvalue weighted by molar-refractivity contribution is 5.81. The molecule has 0 bridgehead atoms. The average molecular weight is 244 g/mol. The van der Waals surface area contributed by atoms with E-state index >= 15 is 0 Å². The molecule has 0 atom stereocenters. The number of para-hydroxylation sites is 1. The van der Waals surface area contributed by atoms with E-state index in [1.165, 1.54) is 10.9 Å². The Morgan fingerprint density at radius 2 is 2.06 bits per heavy atom. The van der Waals surface area contributed by atoms with Gasteiger partial charge < -0.3 is 10.1 Å². The van der Waals surface area contributed by atoms with Gasteiger partial charge in [-0.1, -0.05) is 31.2 Å². The molecule has 0 saturated heterocycles. The van der Waals surface area contributed by atoms with Crippen molar-refractivity contribution in [1.82, 2.24) is 10.3 Å². The van der Waals surface area contributed by atoms with E-state index in [0.29, 0.717) is 0 Å². The fourth-order valence-corrected chi connectivity index (χ4v) is 1.92. The van der Waals surface area contributed by atoms with Gasteiger partial charge in [0.1, 0.15) is 0 Å². The Hall–Kier alpha value is -1.45. The Morgan fingerprint density at radius 1 is 1.17 bits per heavy atom. The molecule has 3 nitrogen and oxygen atoms in total. The second kappa shape index (κ2) is 7.09. The summed E-state index contributed by atoms with van der Waals surface area (Å²) in [5.74, 6) is 0. The van der Waals surface area contributed by atoms with Gasteiger partial charge in [-0.25, -0.2) is 0 Å². The first-order valence-electron chi connectivity index (χ1n) is 6.53. The zero-order valence-electron chi connectivity index (χ0n) is 10.9. The molecule has 0 aliphatic carbocycles. The lowest BCUT2D eigenvalue weighted by atomic mass is 10.1. The minimum absolute atomic E-state index is 0.770. The first-order valence-corrected chi connectivity index (χ1v) is 6.53. The van der Waals surface area contributed by atoms with Gasteiger partial charge in [-0.05, 0) is 18.1 Å². The molecule has 1 N–H and O–H groups in total. The minimum atomic E-state index is 0.770. The highest BCUT2D eigenvalue weighted by atomic mass is 16.5. The van der Waals surface area contributed by atoms with Crippen molar-refractivity contribution in [3.05, 3.63) is 42.1 Å².